The topological polar surface area (TPSA) is 66.3 Å². The molecule has 1 aromatic heterocycles. The largest absolute Gasteiger partial charge is 0.480 e. The predicted octanol–water partition coefficient (Wildman–Crippen LogP) is 1.49. The smallest absolute Gasteiger partial charge is 0.326 e. The number of nitrogens with zero attached hydrogens (tertiary/aromatic N) is 3. The molecule has 5 heteroatoms. The maximum atomic E-state index is 11.5. The van der Waals surface area contributed by atoms with Crippen LogP contribution >= 0.6 is 0 Å². The molecule has 0 spiro atoms. The van der Waals surface area contributed by atoms with Gasteiger partial charge in [-0.3, -0.25) is 0 Å². The zero-order valence-corrected chi connectivity index (χ0v) is 10.2. The summed E-state index contributed by atoms with van der Waals surface area (Å²) in [5.41, 5.74) is 2.22. The minimum Gasteiger partial charge on any atom is -0.480 e. The van der Waals surface area contributed by atoms with Crippen LogP contribution in [-0.4, -0.2) is 27.1 Å². The van der Waals surface area contributed by atoms with Crippen molar-refractivity contribution in [1.29, 1.82) is 0 Å². The average molecular weight is 255 g/mol. The lowest BCUT2D eigenvalue weighted by molar-refractivity contribution is -0.138. The minimum absolute atomic E-state index is 0.462. The molecular weight excluding hydrogens is 242 g/mol. The summed E-state index contributed by atoms with van der Waals surface area (Å²) in [6.07, 6.45) is 3.73. The lowest BCUT2D eigenvalue weighted by atomic mass is 9.94. The van der Waals surface area contributed by atoms with Gasteiger partial charge in [0.05, 0.1) is 0 Å². The summed E-state index contributed by atoms with van der Waals surface area (Å²) < 4.78 is 0. The summed E-state index contributed by atoms with van der Waals surface area (Å²) in [6, 6.07) is 9.00. The zero-order chi connectivity index (χ0) is 13.2. The molecule has 2 aromatic rings. The molecule has 1 aliphatic rings. The highest BCUT2D eigenvalue weighted by Crippen LogP contribution is 2.26. The van der Waals surface area contributed by atoms with Crippen LogP contribution in [0.5, 0.6) is 0 Å². The molecule has 1 aliphatic heterocycles. The van der Waals surface area contributed by atoms with Crippen molar-refractivity contribution in [2.45, 2.75) is 19.0 Å². The first-order valence-electron chi connectivity index (χ1n) is 6.09. The summed E-state index contributed by atoms with van der Waals surface area (Å²) in [7, 11) is 0. The maximum Gasteiger partial charge on any atom is 0.326 e. The minimum atomic E-state index is -0.845. The van der Waals surface area contributed by atoms with Crippen molar-refractivity contribution < 1.29 is 9.90 Å². The normalized spacial score (nSPS) is 17.9. The van der Waals surface area contributed by atoms with E-state index in [-0.39, 0.29) is 0 Å². The van der Waals surface area contributed by atoms with Crippen LogP contribution in [-0.2, 0) is 17.8 Å². The fourth-order valence-electron chi connectivity index (χ4n) is 2.39. The number of hydrogen-bond acceptors (Lipinski definition) is 4. The predicted molar refractivity (Wildman–Crippen MR) is 69.8 cm³/mol. The molecule has 0 amide bonds. The van der Waals surface area contributed by atoms with Crippen LogP contribution in [0.1, 0.15) is 11.1 Å². The highest BCUT2D eigenvalue weighted by molar-refractivity contribution is 5.78. The van der Waals surface area contributed by atoms with Crippen LogP contribution in [0, 0.1) is 0 Å². The highest BCUT2D eigenvalue weighted by atomic mass is 16.4. The van der Waals surface area contributed by atoms with Gasteiger partial charge in [0.15, 0.2) is 0 Å². The number of fused-ring (bicyclic) bond motifs is 1. The van der Waals surface area contributed by atoms with Crippen molar-refractivity contribution in [3.05, 3.63) is 53.9 Å². The second kappa shape index (κ2) is 4.68. The molecule has 0 fully saturated rings. The first kappa shape index (κ1) is 11.6. The van der Waals surface area contributed by atoms with Gasteiger partial charge in [-0.15, -0.1) is 0 Å². The van der Waals surface area contributed by atoms with E-state index in [2.05, 4.69) is 9.97 Å². The van der Waals surface area contributed by atoms with Crippen molar-refractivity contribution in [2.75, 3.05) is 4.90 Å². The number of benzene rings is 1. The Bertz CT molecular complexity index is 601. The van der Waals surface area contributed by atoms with Gasteiger partial charge in [0.25, 0.3) is 0 Å². The molecular formula is C14H13N3O2. The van der Waals surface area contributed by atoms with Crippen molar-refractivity contribution in [3.63, 3.8) is 0 Å². The molecule has 3 rings (SSSR count). The molecule has 1 atom stereocenters. The second-order valence-electron chi connectivity index (χ2n) is 4.50. The highest BCUT2D eigenvalue weighted by Gasteiger charge is 2.32. The molecule has 0 bridgehead atoms. The summed E-state index contributed by atoms with van der Waals surface area (Å²) in [4.78, 5) is 21.5. The van der Waals surface area contributed by atoms with E-state index in [9.17, 15) is 9.90 Å². The average Bonchev–Trinajstić information content (AvgIpc) is 2.46. The number of anilines is 1. The van der Waals surface area contributed by atoms with Crippen LogP contribution in [0.4, 0.5) is 5.95 Å². The van der Waals surface area contributed by atoms with Gasteiger partial charge in [-0.2, -0.15) is 0 Å². The third-order valence-electron chi connectivity index (χ3n) is 3.34. The van der Waals surface area contributed by atoms with Crippen LogP contribution < -0.4 is 4.90 Å². The third-order valence-corrected chi connectivity index (χ3v) is 3.34. The molecule has 0 radical (unpaired) electrons. The Balaban J connectivity index is 2.01. The van der Waals surface area contributed by atoms with Crippen molar-refractivity contribution in [3.8, 4) is 0 Å². The monoisotopic (exact) mass is 255 g/mol. The van der Waals surface area contributed by atoms with Gasteiger partial charge in [-0.1, -0.05) is 24.3 Å². The van der Waals surface area contributed by atoms with Gasteiger partial charge < -0.3 is 10.0 Å². The SMILES string of the molecule is O=C(O)[C@H]1Cc2ccccc2CN1c1ncccn1. The van der Waals surface area contributed by atoms with E-state index in [0.717, 1.165) is 11.1 Å². The second-order valence-corrected chi connectivity index (χ2v) is 4.50. The molecule has 0 aliphatic carbocycles. The first-order chi connectivity index (χ1) is 9.25. The third kappa shape index (κ3) is 2.14. The Morgan fingerprint density at radius 1 is 1.16 bits per heavy atom. The standard InChI is InChI=1S/C14H13N3O2/c18-13(19)12-8-10-4-1-2-5-11(10)9-17(12)14-15-6-3-7-16-14/h1-7,12H,8-9H2,(H,18,19)/t12-/m1/s1. The van der Waals surface area contributed by atoms with Gasteiger partial charge in [0.1, 0.15) is 6.04 Å². The van der Waals surface area contributed by atoms with E-state index in [1.165, 1.54) is 0 Å². The number of rotatable bonds is 2. The molecule has 1 aromatic carbocycles. The van der Waals surface area contributed by atoms with Crippen molar-refractivity contribution in [1.82, 2.24) is 9.97 Å². The molecule has 0 saturated carbocycles. The van der Waals surface area contributed by atoms with E-state index < -0.39 is 12.0 Å². The fourth-order valence-corrected chi connectivity index (χ4v) is 2.39. The Morgan fingerprint density at radius 3 is 2.53 bits per heavy atom. The van der Waals surface area contributed by atoms with Crippen LogP contribution in [0.3, 0.4) is 0 Å². The summed E-state index contributed by atoms with van der Waals surface area (Å²) in [5.74, 6) is -0.383. The Labute approximate surface area is 110 Å². The molecule has 19 heavy (non-hydrogen) atoms. The van der Waals surface area contributed by atoms with Gasteiger partial charge in [0.2, 0.25) is 5.95 Å². The number of aromatic nitrogens is 2. The van der Waals surface area contributed by atoms with Gasteiger partial charge in [-0.05, 0) is 17.2 Å². The van der Waals surface area contributed by atoms with E-state index in [4.69, 9.17) is 0 Å². The molecule has 2 heterocycles. The van der Waals surface area contributed by atoms with E-state index in [1.54, 1.807) is 23.4 Å². The zero-order valence-electron chi connectivity index (χ0n) is 10.2. The van der Waals surface area contributed by atoms with Crippen LogP contribution in [0.2, 0.25) is 0 Å². The molecule has 1 N–H and O–H groups in total. The number of hydrogen-bond donors (Lipinski definition) is 1. The Kier molecular flexibility index (Phi) is 2.87. The van der Waals surface area contributed by atoms with Crippen LogP contribution in [0.15, 0.2) is 42.7 Å². The fraction of sp³-hybridized carbons (Fsp3) is 0.214. The molecule has 96 valence electrons. The van der Waals surface area contributed by atoms with Gasteiger partial charge in [-0.25, -0.2) is 14.8 Å². The van der Waals surface area contributed by atoms with Gasteiger partial charge in [0, 0.05) is 25.4 Å². The van der Waals surface area contributed by atoms with Gasteiger partial charge >= 0.3 is 5.97 Å². The quantitative estimate of drug-likeness (QED) is 0.880. The van der Waals surface area contributed by atoms with Crippen LogP contribution in [0.25, 0.3) is 0 Å². The number of carboxylic acid groups (broad SMARTS) is 1. The van der Waals surface area contributed by atoms with E-state index in [0.29, 0.717) is 18.9 Å². The molecule has 0 saturated heterocycles. The lowest BCUT2D eigenvalue weighted by Crippen LogP contribution is -2.46. The first-order valence-corrected chi connectivity index (χ1v) is 6.09. The Morgan fingerprint density at radius 2 is 1.84 bits per heavy atom. The lowest BCUT2D eigenvalue weighted by Gasteiger charge is -2.34. The number of carbonyl (C=O) groups is 1. The summed E-state index contributed by atoms with van der Waals surface area (Å²) in [6.45, 7) is 0.525. The number of carboxylic acids is 1. The van der Waals surface area contributed by atoms with E-state index in [1.807, 2.05) is 24.3 Å². The number of aliphatic carboxylic acids is 1. The summed E-state index contributed by atoms with van der Waals surface area (Å²) in [5, 5.41) is 9.40. The van der Waals surface area contributed by atoms with Crippen molar-refractivity contribution in [2.24, 2.45) is 0 Å². The van der Waals surface area contributed by atoms with E-state index >= 15 is 0 Å². The van der Waals surface area contributed by atoms with Crippen molar-refractivity contribution >= 4 is 11.9 Å². The molecule has 0 unspecified atom stereocenters. The maximum absolute atomic E-state index is 11.5. The summed E-state index contributed by atoms with van der Waals surface area (Å²) >= 11 is 0. The Hall–Kier alpha value is -2.43. The molecule has 5 nitrogen and oxygen atoms in total.